The van der Waals surface area contributed by atoms with Gasteiger partial charge in [-0.2, -0.15) is 5.10 Å². The Morgan fingerprint density at radius 3 is 3.04 bits per heavy atom. The summed E-state index contributed by atoms with van der Waals surface area (Å²) >= 11 is 0. The molecule has 1 N–H and O–H groups in total. The van der Waals surface area contributed by atoms with Crippen LogP contribution in [-0.2, 0) is 11.3 Å². The molecule has 0 bridgehead atoms. The topological polar surface area (TPSA) is 112 Å². The van der Waals surface area contributed by atoms with E-state index >= 15 is 0 Å². The van der Waals surface area contributed by atoms with Gasteiger partial charge >= 0.3 is 5.69 Å². The number of aromatic nitrogens is 2. The summed E-state index contributed by atoms with van der Waals surface area (Å²) < 4.78 is 12.0. The van der Waals surface area contributed by atoms with Crippen LogP contribution in [0.1, 0.15) is 29.7 Å². The maximum absolute atomic E-state index is 11.9. The van der Waals surface area contributed by atoms with Crippen LogP contribution in [0.15, 0.2) is 28.9 Å². The molecule has 2 rings (SSSR count). The molecule has 0 aliphatic carbocycles. The van der Waals surface area contributed by atoms with Gasteiger partial charge in [-0.3, -0.25) is 19.6 Å². The number of rotatable bonds is 9. The zero-order chi connectivity index (χ0) is 16.7. The molecule has 0 radical (unpaired) electrons. The normalized spacial score (nSPS) is 10.7. The summed E-state index contributed by atoms with van der Waals surface area (Å²) in [4.78, 5) is 22.0. The van der Waals surface area contributed by atoms with E-state index in [2.05, 4.69) is 10.4 Å². The van der Waals surface area contributed by atoms with Gasteiger partial charge in [-0.1, -0.05) is 0 Å². The summed E-state index contributed by atoms with van der Waals surface area (Å²) in [5, 5.41) is 17.2. The zero-order valence-electron chi connectivity index (χ0n) is 12.7. The number of nitrogens with zero attached hydrogens (tertiary/aromatic N) is 3. The van der Waals surface area contributed by atoms with Crippen molar-refractivity contribution in [1.29, 1.82) is 0 Å². The first-order valence-corrected chi connectivity index (χ1v) is 7.21. The molecule has 2 aromatic heterocycles. The standard InChI is InChI=1S/C14H18N4O5/c1-2-22-7-3-6-15-14(19)13-5-4-12(23-13)10-17-9-11(8-16-17)18(20)21/h4-5,8-9H,2-3,6-7,10H2,1H3,(H,15,19). The first-order chi connectivity index (χ1) is 11.1. The van der Waals surface area contributed by atoms with Crippen LogP contribution in [0.3, 0.4) is 0 Å². The molecule has 0 fully saturated rings. The Kier molecular flexibility index (Phi) is 5.87. The second-order valence-electron chi connectivity index (χ2n) is 4.73. The highest BCUT2D eigenvalue weighted by atomic mass is 16.6. The average Bonchev–Trinajstić information content (AvgIpc) is 3.17. The lowest BCUT2D eigenvalue weighted by molar-refractivity contribution is -0.385. The Labute approximate surface area is 132 Å². The summed E-state index contributed by atoms with van der Waals surface area (Å²) in [6.07, 6.45) is 3.19. The zero-order valence-corrected chi connectivity index (χ0v) is 12.7. The lowest BCUT2D eigenvalue weighted by Crippen LogP contribution is -2.24. The SMILES string of the molecule is CCOCCCNC(=O)c1ccc(Cn2cc([N+](=O)[O-])cn2)o1. The molecule has 0 spiro atoms. The van der Waals surface area contributed by atoms with Crippen LogP contribution in [-0.4, -0.2) is 40.4 Å². The van der Waals surface area contributed by atoms with E-state index in [0.29, 0.717) is 25.5 Å². The minimum Gasteiger partial charge on any atom is -0.454 e. The summed E-state index contributed by atoms with van der Waals surface area (Å²) in [5.74, 6) is 0.375. The predicted molar refractivity (Wildman–Crippen MR) is 80.1 cm³/mol. The van der Waals surface area contributed by atoms with Gasteiger partial charge in [0.1, 0.15) is 18.2 Å². The average molecular weight is 322 g/mol. The lowest BCUT2D eigenvalue weighted by atomic mass is 10.4. The molecule has 0 aromatic carbocycles. The Balaban J connectivity index is 1.84. The van der Waals surface area contributed by atoms with Crippen molar-refractivity contribution in [3.8, 4) is 0 Å². The van der Waals surface area contributed by atoms with E-state index in [-0.39, 0.29) is 23.9 Å². The molecule has 9 heteroatoms. The second kappa shape index (κ2) is 8.08. The van der Waals surface area contributed by atoms with Gasteiger partial charge in [0.15, 0.2) is 5.76 Å². The third kappa shape index (κ3) is 4.92. The van der Waals surface area contributed by atoms with E-state index in [1.165, 1.54) is 10.9 Å². The number of hydrogen-bond donors (Lipinski definition) is 1. The highest BCUT2D eigenvalue weighted by molar-refractivity contribution is 5.91. The van der Waals surface area contributed by atoms with Crippen molar-refractivity contribution in [2.75, 3.05) is 19.8 Å². The van der Waals surface area contributed by atoms with Crippen LogP contribution in [0, 0.1) is 10.1 Å². The Hall–Kier alpha value is -2.68. The number of nitro groups is 1. The number of nitrogens with one attached hydrogen (secondary N) is 1. The van der Waals surface area contributed by atoms with E-state index in [4.69, 9.17) is 9.15 Å². The van der Waals surface area contributed by atoms with Gasteiger partial charge in [0, 0.05) is 19.8 Å². The summed E-state index contributed by atoms with van der Waals surface area (Å²) in [5.41, 5.74) is -0.0937. The smallest absolute Gasteiger partial charge is 0.307 e. The Morgan fingerprint density at radius 1 is 1.52 bits per heavy atom. The van der Waals surface area contributed by atoms with Crippen molar-refractivity contribution in [2.24, 2.45) is 0 Å². The molecular formula is C14H18N4O5. The third-order valence-electron chi connectivity index (χ3n) is 2.99. The molecule has 0 unspecified atom stereocenters. The number of carbonyl (C=O) groups is 1. The van der Waals surface area contributed by atoms with Crippen molar-refractivity contribution in [2.45, 2.75) is 19.9 Å². The van der Waals surface area contributed by atoms with Crippen molar-refractivity contribution in [3.63, 3.8) is 0 Å². The van der Waals surface area contributed by atoms with Crippen LogP contribution in [0.5, 0.6) is 0 Å². The van der Waals surface area contributed by atoms with Gasteiger partial charge in [0.05, 0.1) is 11.5 Å². The van der Waals surface area contributed by atoms with Crippen molar-refractivity contribution in [3.05, 3.63) is 46.2 Å². The molecule has 0 aliphatic rings. The molecule has 124 valence electrons. The highest BCUT2D eigenvalue weighted by Gasteiger charge is 2.13. The fourth-order valence-corrected chi connectivity index (χ4v) is 1.89. The number of amides is 1. The quantitative estimate of drug-likeness (QED) is 0.426. The molecule has 23 heavy (non-hydrogen) atoms. The number of ether oxygens (including phenoxy) is 1. The van der Waals surface area contributed by atoms with Gasteiger partial charge in [0.2, 0.25) is 0 Å². The fraction of sp³-hybridized carbons (Fsp3) is 0.429. The third-order valence-corrected chi connectivity index (χ3v) is 2.99. The van der Waals surface area contributed by atoms with E-state index < -0.39 is 4.92 Å². The van der Waals surface area contributed by atoms with Gasteiger partial charge in [0.25, 0.3) is 5.91 Å². The molecular weight excluding hydrogens is 304 g/mol. The molecule has 2 heterocycles. The molecule has 0 aliphatic heterocycles. The minimum atomic E-state index is -0.521. The van der Waals surface area contributed by atoms with Crippen molar-refractivity contribution < 1.29 is 18.9 Å². The van der Waals surface area contributed by atoms with Crippen LogP contribution >= 0.6 is 0 Å². The van der Waals surface area contributed by atoms with Crippen LogP contribution in [0.2, 0.25) is 0 Å². The fourth-order valence-electron chi connectivity index (χ4n) is 1.89. The maximum atomic E-state index is 11.9. The van der Waals surface area contributed by atoms with Crippen LogP contribution in [0.4, 0.5) is 5.69 Å². The lowest BCUT2D eigenvalue weighted by Gasteiger charge is -2.03. The predicted octanol–water partition coefficient (Wildman–Crippen LogP) is 1.59. The Bertz CT molecular complexity index is 664. The van der Waals surface area contributed by atoms with E-state index in [1.807, 2.05) is 6.92 Å². The Morgan fingerprint density at radius 2 is 2.35 bits per heavy atom. The molecule has 0 saturated heterocycles. The van der Waals surface area contributed by atoms with E-state index in [0.717, 1.165) is 12.6 Å². The largest absolute Gasteiger partial charge is 0.454 e. The van der Waals surface area contributed by atoms with Crippen LogP contribution < -0.4 is 5.32 Å². The van der Waals surface area contributed by atoms with Crippen LogP contribution in [0.25, 0.3) is 0 Å². The monoisotopic (exact) mass is 322 g/mol. The number of hydrogen-bond acceptors (Lipinski definition) is 6. The molecule has 1 amide bonds. The minimum absolute atomic E-state index is 0.0937. The van der Waals surface area contributed by atoms with Gasteiger partial charge < -0.3 is 14.5 Å². The molecule has 0 atom stereocenters. The van der Waals surface area contributed by atoms with Crippen molar-refractivity contribution >= 4 is 11.6 Å². The summed E-state index contributed by atoms with van der Waals surface area (Å²) in [6, 6.07) is 3.20. The van der Waals surface area contributed by atoms with Gasteiger partial charge in [-0.25, -0.2) is 0 Å². The first-order valence-electron chi connectivity index (χ1n) is 7.21. The summed E-state index contributed by atoms with van der Waals surface area (Å²) in [6.45, 7) is 3.88. The summed E-state index contributed by atoms with van der Waals surface area (Å²) in [7, 11) is 0. The van der Waals surface area contributed by atoms with E-state index in [9.17, 15) is 14.9 Å². The molecule has 0 saturated carbocycles. The van der Waals surface area contributed by atoms with Gasteiger partial charge in [-0.05, 0) is 25.5 Å². The number of carbonyl (C=O) groups excluding carboxylic acids is 1. The molecule has 2 aromatic rings. The second-order valence-corrected chi connectivity index (χ2v) is 4.73. The maximum Gasteiger partial charge on any atom is 0.307 e. The van der Waals surface area contributed by atoms with Gasteiger partial charge in [-0.15, -0.1) is 0 Å². The number of furan rings is 1. The van der Waals surface area contributed by atoms with E-state index in [1.54, 1.807) is 12.1 Å². The molecule has 9 nitrogen and oxygen atoms in total. The first kappa shape index (κ1) is 16.7. The highest BCUT2D eigenvalue weighted by Crippen LogP contribution is 2.12. The van der Waals surface area contributed by atoms with Crippen molar-refractivity contribution in [1.82, 2.24) is 15.1 Å².